The largest absolute Gasteiger partial charge is 0.390 e. The van der Waals surface area contributed by atoms with Crippen LogP contribution in [-0.4, -0.2) is 68.7 Å². The van der Waals surface area contributed by atoms with Crippen LogP contribution in [0.5, 0.6) is 0 Å². The Balaban J connectivity index is 1.43. The van der Waals surface area contributed by atoms with Crippen LogP contribution >= 0.6 is 0 Å². The van der Waals surface area contributed by atoms with Gasteiger partial charge in [-0.2, -0.15) is 5.10 Å². The van der Waals surface area contributed by atoms with E-state index in [1.807, 2.05) is 30.5 Å². The summed E-state index contributed by atoms with van der Waals surface area (Å²) in [7, 11) is 0. The molecule has 0 bridgehead atoms. The zero-order valence-corrected chi connectivity index (χ0v) is 19.0. The van der Waals surface area contributed by atoms with Gasteiger partial charge in [-0.1, -0.05) is 13.8 Å². The predicted octanol–water partition coefficient (Wildman–Crippen LogP) is 2.93. The maximum absolute atomic E-state index is 9.34. The van der Waals surface area contributed by atoms with Gasteiger partial charge in [-0.3, -0.25) is 9.88 Å². The van der Waals surface area contributed by atoms with Gasteiger partial charge < -0.3 is 21.1 Å². The van der Waals surface area contributed by atoms with Gasteiger partial charge in [-0.25, -0.2) is 4.98 Å². The minimum absolute atomic E-state index is 0.162. The van der Waals surface area contributed by atoms with Crippen molar-refractivity contribution in [2.75, 3.05) is 31.5 Å². The lowest BCUT2D eigenvalue weighted by Crippen LogP contribution is -2.51. The molecule has 33 heavy (non-hydrogen) atoms. The number of nitrogens with one attached hydrogen (secondary N) is 3. The van der Waals surface area contributed by atoms with Crippen LogP contribution in [0, 0.1) is 5.41 Å². The average molecular weight is 447 g/mol. The maximum atomic E-state index is 9.34. The summed E-state index contributed by atoms with van der Waals surface area (Å²) in [6.07, 6.45) is 7.50. The fourth-order valence-corrected chi connectivity index (χ4v) is 3.64. The van der Waals surface area contributed by atoms with Gasteiger partial charge in [0.2, 0.25) is 0 Å². The third-order valence-corrected chi connectivity index (χ3v) is 5.62. The standard InChI is InChI=1S/C24H30N8O/c1-16(2)17-9-24(31-28-13-17)30-23-5-4-21-22(29-23)8-18(12-27-21)19(10-25)11-26-6-3-7-32-14-20(33)15-32/h4-5,8-13,16,20,25-26,33H,3,6-7,14-15H2,1-2H3,(H,29,30,31)/b19-11+,25-10?. The van der Waals surface area contributed by atoms with E-state index in [9.17, 15) is 5.11 Å². The minimum atomic E-state index is -0.162. The highest BCUT2D eigenvalue weighted by Crippen LogP contribution is 2.21. The second-order valence-corrected chi connectivity index (χ2v) is 8.58. The lowest BCUT2D eigenvalue weighted by atomic mass is 10.1. The lowest BCUT2D eigenvalue weighted by Gasteiger charge is -2.35. The van der Waals surface area contributed by atoms with Crippen LogP contribution in [-0.2, 0) is 0 Å². The second-order valence-electron chi connectivity index (χ2n) is 8.58. The fourth-order valence-electron chi connectivity index (χ4n) is 3.64. The van der Waals surface area contributed by atoms with Gasteiger partial charge >= 0.3 is 0 Å². The number of β-amino-alcohol motifs (C(OH)–C–C–N with tert-alkyl or cyclic N) is 1. The molecule has 3 aromatic heterocycles. The van der Waals surface area contributed by atoms with Gasteiger partial charge in [-0.05, 0) is 42.2 Å². The van der Waals surface area contributed by atoms with Gasteiger partial charge in [0.25, 0.3) is 0 Å². The van der Waals surface area contributed by atoms with Crippen molar-refractivity contribution in [3.63, 3.8) is 0 Å². The van der Waals surface area contributed by atoms with Crippen molar-refractivity contribution in [2.45, 2.75) is 32.3 Å². The fraction of sp³-hybridized carbons (Fsp3) is 0.375. The number of hydrogen-bond acceptors (Lipinski definition) is 9. The minimum Gasteiger partial charge on any atom is -0.390 e. The van der Waals surface area contributed by atoms with Crippen molar-refractivity contribution in [3.8, 4) is 0 Å². The molecule has 9 nitrogen and oxygen atoms in total. The molecule has 1 saturated heterocycles. The molecular weight excluding hydrogens is 416 g/mol. The summed E-state index contributed by atoms with van der Waals surface area (Å²) in [5.41, 5.74) is 4.17. The normalized spacial score (nSPS) is 15.0. The van der Waals surface area contributed by atoms with E-state index in [4.69, 9.17) is 5.41 Å². The van der Waals surface area contributed by atoms with Crippen molar-refractivity contribution >= 4 is 34.5 Å². The van der Waals surface area contributed by atoms with Crippen LogP contribution in [0.15, 0.2) is 42.9 Å². The lowest BCUT2D eigenvalue weighted by molar-refractivity contribution is 0.00200. The number of hydrogen-bond donors (Lipinski definition) is 4. The summed E-state index contributed by atoms with van der Waals surface area (Å²) < 4.78 is 0. The molecule has 4 rings (SSSR count). The molecule has 1 aliphatic heterocycles. The molecule has 1 fully saturated rings. The summed E-state index contributed by atoms with van der Waals surface area (Å²) in [4.78, 5) is 11.4. The van der Waals surface area contributed by atoms with Crippen molar-refractivity contribution in [1.82, 2.24) is 30.4 Å². The summed E-state index contributed by atoms with van der Waals surface area (Å²) in [6.45, 7) is 7.52. The van der Waals surface area contributed by atoms with Crippen LogP contribution < -0.4 is 10.6 Å². The molecule has 0 atom stereocenters. The van der Waals surface area contributed by atoms with E-state index < -0.39 is 0 Å². The third-order valence-electron chi connectivity index (χ3n) is 5.62. The molecule has 4 N–H and O–H groups in total. The quantitative estimate of drug-likeness (QED) is 0.277. The summed E-state index contributed by atoms with van der Waals surface area (Å²) in [5.74, 6) is 1.67. The average Bonchev–Trinajstić information content (AvgIpc) is 2.79. The SMILES string of the molecule is CC(C)c1cnnc(Nc2ccc3ncc(/C(C=N)=C/NCCCN4CC(O)C4)cc3n2)c1. The Bertz CT molecular complexity index is 1140. The van der Waals surface area contributed by atoms with Crippen LogP contribution in [0.4, 0.5) is 11.6 Å². The number of aromatic nitrogens is 4. The molecule has 9 heteroatoms. The Morgan fingerprint density at radius 1 is 1.21 bits per heavy atom. The van der Waals surface area contributed by atoms with E-state index in [1.54, 1.807) is 12.4 Å². The van der Waals surface area contributed by atoms with E-state index in [1.165, 1.54) is 6.21 Å². The predicted molar refractivity (Wildman–Crippen MR) is 131 cm³/mol. The summed E-state index contributed by atoms with van der Waals surface area (Å²) in [6, 6.07) is 7.69. The van der Waals surface area contributed by atoms with Crippen molar-refractivity contribution in [2.24, 2.45) is 0 Å². The highest BCUT2D eigenvalue weighted by Gasteiger charge is 2.22. The first-order valence-corrected chi connectivity index (χ1v) is 11.2. The van der Waals surface area contributed by atoms with Gasteiger partial charge in [0.1, 0.15) is 5.82 Å². The van der Waals surface area contributed by atoms with Crippen molar-refractivity contribution < 1.29 is 5.11 Å². The molecular formula is C24H30N8O. The number of aliphatic hydroxyl groups excluding tert-OH is 1. The van der Waals surface area contributed by atoms with E-state index >= 15 is 0 Å². The number of aliphatic hydroxyl groups is 1. The van der Waals surface area contributed by atoms with Crippen LogP contribution in [0.25, 0.3) is 16.6 Å². The van der Waals surface area contributed by atoms with E-state index in [0.29, 0.717) is 17.6 Å². The molecule has 0 radical (unpaired) electrons. The molecule has 0 unspecified atom stereocenters. The molecule has 0 aliphatic carbocycles. The monoisotopic (exact) mass is 446 g/mol. The number of allylic oxidation sites excluding steroid dienone is 1. The number of rotatable bonds is 10. The van der Waals surface area contributed by atoms with Crippen LogP contribution in [0.3, 0.4) is 0 Å². The van der Waals surface area contributed by atoms with Gasteiger partial charge in [0.05, 0.1) is 23.3 Å². The zero-order chi connectivity index (χ0) is 23.2. The molecule has 0 aromatic carbocycles. The number of likely N-dealkylation sites (tertiary alicyclic amines) is 1. The number of pyridine rings is 2. The van der Waals surface area contributed by atoms with Gasteiger partial charge in [-0.15, -0.1) is 5.10 Å². The number of nitrogens with zero attached hydrogens (tertiary/aromatic N) is 5. The Morgan fingerprint density at radius 2 is 2.06 bits per heavy atom. The maximum Gasteiger partial charge on any atom is 0.154 e. The Morgan fingerprint density at radius 3 is 2.82 bits per heavy atom. The zero-order valence-electron chi connectivity index (χ0n) is 19.0. The van der Waals surface area contributed by atoms with E-state index in [2.05, 4.69) is 49.5 Å². The number of fused-ring (bicyclic) bond motifs is 1. The molecule has 0 amide bonds. The van der Waals surface area contributed by atoms with E-state index in [-0.39, 0.29) is 6.10 Å². The molecule has 4 heterocycles. The van der Waals surface area contributed by atoms with Gasteiger partial charge in [0.15, 0.2) is 5.82 Å². The molecule has 0 saturated carbocycles. The molecule has 172 valence electrons. The Kier molecular flexibility index (Phi) is 7.21. The smallest absolute Gasteiger partial charge is 0.154 e. The van der Waals surface area contributed by atoms with Crippen LogP contribution in [0.2, 0.25) is 0 Å². The van der Waals surface area contributed by atoms with Crippen molar-refractivity contribution in [3.05, 3.63) is 54.0 Å². The van der Waals surface area contributed by atoms with Crippen LogP contribution in [0.1, 0.15) is 37.3 Å². The van der Waals surface area contributed by atoms with E-state index in [0.717, 1.165) is 60.3 Å². The van der Waals surface area contributed by atoms with Crippen molar-refractivity contribution in [1.29, 1.82) is 5.41 Å². The number of anilines is 2. The Labute approximate surface area is 193 Å². The molecule has 0 spiro atoms. The summed E-state index contributed by atoms with van der Waals surface area (Å²) in [5, 5.41) is 31.9. The highest BCUT2D eigenvalue weighted by molar-refractivity contribution is 6.08. The first-order chi connectivity index (χ1) is 16.0. The first-order valence-electron chi connectivity index (χ1n) is 11.2. The third kappa shape index (κ3) is 5.88. The Hall–Kier alpha value is -3.43. The topological polar surface area (TPSA) is 123 Å². The summed E-state index contributed by atoms with van der Waals surface area (Å²) >= 11 is 0. The van der Waals surface area contributed by atoms with Gasteiger partial charge in [0, 0.05) is 55.9 Å². The first kappa shape index (κ1) is 22.8. The highest BCUT2D eigenvalue weighted by atomic mass is 16.3. The molecule has 1 aliphatic rings. The second kappa shape index (κ2) is 10.5. The molecule has 3 aromatic rings.